The van der Waals surface area contributed by atoms with Crippen molar-refractivity contribution in [3.63, 3.8) is 0 Å². The quantitative estimate of drug-likeness (QED) is 0.786. The summed E-state index contributed by atoms with van der Waals surface area (Å²) in [7, 11) is 0. The number of hydrogen-bond donors (Lipinski definition) is 2. The lowest BCUT2D eigenvalue weighted by Crippen LogP contribution is -2.42. The lowest BCUT2D eigenvalue weighted by atomic mass is 9.98. The fraction of sp³-hybridized carbons (Fsp3) is 0.579. The first kappa shape index (κ1) is 18.6. The lowest BCUT2D eigenvalue weighted by Gasteiger charge is -2.26. The summed E-state index contributed by atoms with van der Waals surface area (Å²) in [5.74, 6) is 0.500. The van der Waals surface area contributed by atoms with Crippen LogP contribution in [0.2, 0.25) is 0 Å². The molecule has 2 N–H and O–H groups in total. The fourth-order valence-electron chi connectivity index (χ4n) is 3.27. The monoisotopic (exact) mass is 332 g/mol. The van der Waals surface area contributed by atoms with E-state index in [1.54, 1.807) is 24.3 Å². The van der Waals surface area contributed by atoms with Gasteiger partial charge in [0.2, 0.25) is 5.91 Å². The lowest BCUT2D eigenvalue weighted by molar-refractivity contribution is -0.120. The molecule has 2 rings (SSSR count). The van der Waals surface area contributed by atoms with E-state index in [2.05, 4.69) is 10.2 Å². The molecule has 2 unspecified atom stereocenters. The summed E-state index contributed by atoms with van der Waals surface area (Å²) in [6.45, 7) is 5.48. The van der Waals surface area contributed by atoms with Crippen molar-refractivity contribution >= 4 is 17.4 Å². The Balaban J connectivity index is 1.94. The van der Waals surface area contributed by atoms with Crippen LogP contribution in [0, 0.1) is 5.92 Å². The molecule has 1 heterocycles. The summed E-state index contributed by atoms with van der Waals surface area (Å²) in [4.78, 5) is 26.2. The Hall–Kier alpha value is -1.72. The van der Waals surface area contributed by atoms with Crippen molar-refractivity contribution in [2.75, 3.05) is 25.0 Å². The zero-order chi connectivity index (χ0) is 17.5. The molecule has 0 bridgehead atoms. The van der Waals surface area contributed by atoms with E-state index in [9.17, 15) is 9.59 Å². The first-order valence-electron chi connectivity index (χ1n) is 8.78. The van der Waals surface area contributed by atoms with Crippen molar-refractivity contribution in [1.29, 1.82) is 0 Å². The highest BCUT2D eigenvalue weighted by Crippen LogP contribution is 2.22. The van der Waals surface area contributed by atoms with Crippen molar-refractivity contribution in [2.24, 2.45) is 5.92 Å². The number of aliphatic hydroxyl groups excluding tert-OH is 1. The normalized spacial score (nSPS) is 20.2. The largest absolute Gasteiger partial charge is 0.396 e. The summed E-state index contributed by atoms with van der Waals surface area (Å²) < 4.78 is 0. The van der Waals surface area contributed by atoms with Crippen LogP contribution >= 0.6 is 0 Å². The second kappa shape index (κ2) is 8.94. The Kier molecular flexibility index (Phi) is 6.94. The number of anilines is 1. The van der Waals surface area contributed by atoms with Crippen molar-refractivity contribution in [2.45, 2.75) is 45.6 Å². The molecular weight excluding hydrogens is 304 g/mol. The second-order valence-corrected chi connectivity index (χ2v) is 6.65. The number of carbonyl (C=O) groups excluding carboxylic acids is 2. The molecule has 2 atom stereocenters. The van der Waals surface area contributed by atoms with E-state index in [1.165, 1.54) is 6.92 Å². The van der Waals surface area contributed by atoms with Gasteiger partial charge in [-0.2, -0.15) is 0 Å². The summed E-state index contributed by atoms with van der Waals surface area (Å²) >= 11 is 0. The fourth-order valence-corrected chi connectivity index (χ4v) is 3.27. The van der Waals surface area contributed by atoms with Gasteiger partial charge in [-0.05, 0) is 70.7 Å². The predicted octanol–water partition coefficient (Wildman–Crippen LogP) is 2.70. The van der Waals surface area contributed by atoms with Crippen LogP contribution in [0.3, 0.4) is 0 Å². The first-order valence-corrected chi connectivity index (χ1v) is 8.78. The van der Waals surface area contributed by atoms with Gasteiger partial charge in [0.25, 0.3) is 0 Å². The van der Waals surface area contributed by atoms with Gasteiger partial charge in [-0.1, -0.05) is 12.1 Å². The maximum absolute atomic E-state index is 12.5. The minimum Gasteiger partial charge on any atom is -0.396 e. The van der Waals surface area contributed by atoms with Crippen LogP contribution < -0.4 is 5.32 Å². The van der Waals surface area contributed by atoms with Gasteiger partial charge in [0.05, 0.1) is 6.04 Å². The molecule has 1 fully saturated rings. The van der Waals surface area contributed by atoms with E-state index in [0.717, 1.165) is 38.8 Å². The van der Waals surface area contributed by atoms with Crippen molar-refractivity contribution in [1.82, 2.24) is 4.90 Å². The summed E-state index contributed by atoms with van der Waals surface area (Å²) in [5, 5.41) is 12.0. The smallest absolute Gasteiger partial charge is 0.241 e. The topological polar surface area (TPSA) is 69.6 Å². The molecule has 1 amide bonds. The highest BCUT2D eigenvalue weighted by atomic mass is 16.3. The number of ketones is 1. The molecule has 5 heteroatoms. The van der Waals surface area contributed by atoms with E-state index in [-0.39, 0.29) is 24.3 Å². The van der Waals surface area contributed by atoms with Crippen LogP contribution in [-0.2, 0) is 4.79 Å². The second-order valence-electron chi connectivity index (χ2n) is 6.65. The predicted molar refractivity (Wildman–Crippen MR) is 95.2 cm³/mol. The zero-order valence-electron chi connectivity index (χ0n) is 14.6. The van der Waals surface area contributed by atoms with Crippen LogP contribution in [0.4, 0.5) is 5.69 Å². The Bertz CT molecular complexity index is 573. The number of nitrogens with one attached hydrogen (secondary N) is 1. The molecule has 0 spiro atoms. The molecule has 1 aromatic rings. The number of carbonyl (C=O) groups is 2. The molecule has 0 radical (unpaired) electrons. The molecule has 5 nitrogen and oxygen atoms in total. The molecule has 1 saturated heterocycles. The molecule has 0 aromatic heterocycles. The van der Waals surface area contributed by atoms with E-state index in [4.69, 9.17) is 5.11 Å². The van der Waals surface area contributed by atoms with Crippen LogP contribution in [0.15, 0.2) is 24.3 Å². The van der Waals surface area contributed by atoms with Crippen LogP contribution in [-0.4, -0.2) is 47.4 Å². The van der Waals surface area contributed by atoms with Gasteiger partial charge in [-0.15, -0.1) is 0 Å². The van der Waals surface area contributed by atoms with E-state index in [0.29, 0.717) is 17.2 Å². The average Bonchev–Trinajstić information content (AvgIpc) is 2.80. The van der Waals surface area contributed by atoms with Gasteiger partial charge in [-0.3, -0.25) is 14.5 Å². The minimum atomic E-state index is -0.209. The molecule has 0 aliphatic carbocycles. The third kappa shape index (κ3) is 5.14. The van der Waals surface area contributed by atoms with Gasteiger partial charge < -0.3 is 10.4 Å². The highest BCUT2D eigenvalue weighted by molar-refractivity contribution is 5.98. The number of benzene rings is 1. The molecule has 24 heavy (non-hydrogen) atoms. The van der Waals surface area contributed by atoms with Crippen LogP contribution in [0.5, 0.6) is 0 Å². The Morgan fingerprint density at radius 3 is 2.83 bits per heavy atom. The Morgan fingerprint density at radius 2 is 2.12 bits per heavy atom. The molecule has 1 aliphatic rings. The van der Waals surface area contributed by atoms with Crippen molar-refractivity contribution < 1.29 is 14.7 Å². The van der Waals surface area contributed by atoms with Crippen LogP contribution in [0.25, 0.3) is 0 Å². The first-order chi connectivity index (χ1) is 11.5. The summed E-state index contributed by atoms with van der Waals surface area (Å²) in [5.41, 5.74) is 1.26. The van der Waals surface area contributed by atoms with Gasteiger partial charge >= 0.3 is 0 Å². The van der Waals surface area contributed by atoms with E-state index >= 15 is 0 Å². The van der Waals surface area contributed by atoms with Gasteiger partial charge in [0.15, 0.2) is 5.78 Å². The zero-order valence-corrected chi connectivity index (χ0v) is 14.6. The Morgan fingerprint density at radius 1 is 1.33 bits per heavy atom. The maximum atomic E-state index is 12.5. The number of amides is 1. The minimum absolute atomic E-state index is 0.0124. The molecule has 1 aliphatic heterocycles. The molecule has 132 valence electrons. The highest BCUT2D eigenvalue weighted by Gasteiger charge is 2.24. The molecule has 0 saturated carbocycles. The van der Waals surface area contributed by atoms with E-state index < -0.39 is 0 Å². The molecular formula is C19H28N2O3. The number of likely N-dealkylation sites (tertiary alicyclic amines) is 1. The number of Topliss-reactive ketones (excluding diaryl/α,β-unsaturated/α-hetero) is 1. The van der Waals surface area contributed by atoms with Gasteiger partial charge in [0.1, 0.15) is 0 Å². The van der Waals surface area contributed by atoms with Crippen molar-refractivity contribution in [3.05, 3.63) is 29.8 Å². The van der Waals surface area contributed by atoms with Gasteiger partial charge in [0, 0.05) is 17.9 Å². The SMILES string of the molecule is CC(=O)c1cccc(NC(=O)C(C)N2CCCC(CCO)CC2)c1. The van der Waals surface area contributed by atoms with Crippen molar-refractivity contribution in [3.8, 4) is 0 Å². The third-order valence-corrected chi connectivity index (χ3v) is 4.88. The average molecular weight is 332 g/mol. The Labute approximate surface area is 144 Å². The number of hydrogen-bond acceptors (Lipinski definition) is 4. The van der Waals surface area contributed by atoms with Crippen LogP contribution in [0.1, 0.15) is 49.9 Å². The number of rotatable bonds is 6. The summed E-state index contributed by atoms with van der Waals surface area (Å²) in [6.07, 6.45) is 4.05. The third-order valence-electron chi connectivity index (χ3n) is 4.88. The van der Waals surface area contributed by atoms with E-state index in [1.807, 2.05) is 6.92 Å². The van der Waals surface area contributed by atoms with Gasteiger partial charge in [-0.25, -0.2) is 0 Å². The molecule has 1 aromatic carbocycles. The number of nitrogens with zero attached hydrogens (tertiary/aromatic N) is 1. The standard InChI is InChI=1S/C19H28N2O3/c1-14(21-10-4-5-16(8-11-21)9-12-22)19(24)20-18-7-3-6-17(13-18)15(2)23/h3,6-7,13-14,16,22H,4-5,8-12H2,1-2H3,(H,20,24). The maximum Gasteiger partial charge on any atom is 0.241 e. The number of aliphatic hydroxyl groups is 1. The summed E-state index contributed by atoms with van der Waals surface area (Å²) in [6, 6.07) is 6.84.